The Balaban J connectivity index is 1.68. The Morgan fingerprint density at radius 1 is 1.16 bits per heavy atom. The molecule has 3 aromatic rings. The van der Waals surface area contributed by atoms with Gasteiger partial charge in [-0.25, -0.2) is 4.39 Å². The molecule has 0 radical (unpaired) electrons. The average Bonchev–Trinajstić information content (AvgIpc) is 3.10. The van der Waals surface area contributed by atoms with Crippen LogP contribution in [0.2, 0.25) is 0 Å². The largest absolute Gasteiger partial charge is 0.478 e. The van der Waals surface area contributed by atoms with Crippen molar-refractivity contribution in [2.75, 3.05) is 5.32 Å². The highest BCUT2D eigenvalue weighted by atomic mass is 32.1. The molecule has 1 aromatic heterocycles. The van der Waals surface area contributed by atoms with Crippen LogP contribution in [-0.4, -0.2) is 22.2 Å². The average molecular weight is 357 g/mol. The smallest absolute Gasteiger partial charge is 0.267 e. The normalized spacial score (nSPS) is 11.8. The van der Waals surface area contributed by atoms with Crippen molar-refractivity contribution in [2.45, 2.75) is 19.4 Å². The number of amides is 1. The Morgan fingerprint density at radius 3 is 2.60 bits per heavy atom. The lowest BCUT2D eigenvalue weighted by Crippen LogP contribution is -2.32. The number of rotatable bonds is 6. The highest BCUT2D eigenvalue weighted by Gasteiger charge is 2.21. The monoisotopic (exact) mass is 357 g/mol. The van der Waals surface area contributed by atoms with Gasteiger partial charge >= 0.3 is 0 Å². The molecule has 0 saturated carbocycles. The number of hydrogen-bond donors (Lipinski definition) is 1. The van der Waals surface area contributed by atoms with Gasteiger partial charge < -0.3 is 4.74 Å². The first-order chi connectivity index (χ1) is 12.2. The second-order valence-corrected chi connectivity index (χ2v) is 6.19. The fourth-order valence-corrected chi connectivity index (χ4v) is 2.92. The zero-order chi connectivity index (χ0) is 17.6. The van der Waals surface area contributed by atoms with Gasteiger partial charge in [-0.2, -0.15) is 0 Å². The van der Waals surface area contributed by atoms with Crippen LogP contribution in [0.3, 0.4) is 0 Å². The minimum atomic E-state index is -0.819. The molecule has 0 fully saturated rings. The maximum absolute atomic E-state index is 13.7. The van der Waals surface area contributed by atoms with Crippen LogP contribution in [-0.2, 0) is 4.79 Å². The van der Waals surface area contributed by atoms with E-state index in [0.717, 1.165) is 5.56 Å². The van der Waals surface area contributed by atoms with Gasteiger partial charge in [-0.05, 0) is 18.6 Å². The highest BCUT2D eigenvalue weighted by molar-refractivity contribution is 7.18. The fraction of sp³-hybridized carbons (Fsp3) is 0.167. The highest BCUT2D eigenvalue weighted by Crippen LogP contribution is 2.26. The van der Waals surface area contributed by atoms with Crippen molar-refractivity contribution < 1.29 is 13.9 Å². The summed E-state index contributed by atoms with van der Waals surface area (Å²) in [7, 11) is 0. The van der Waals surface area contributed by atoms with Crippen LogP contribution in [0.4, 0.5) is 9.52 Å². The summed E-state index contributed by atoms with van der Waals surface area (Å²) >= 11 is 1.27. The molecule has 0 aliphatic rings. The van der Waals surface area contributed by atoms with E-state index in [-0.39, 0.29) is 11.7 Å². The number of anilines is 1. The molecule has 1 amide bonds. The molecular weight excluding hydrogens is 341 g/mol. The van der Waals surface area contributed by atoms with Crippen molar-refractivity contribution in [3.63, 3.8) is 0 Å². The van der Waals surface area contributed by atoms with E-state index in [0.29, 0.717) is 16.6 Å². The minimum absolute atomic E-state index is 0.0479. The van der Waals surface area contributed by atoms with Crippen molar-refractivity contribution in [1.82, 2.24) is 10.2 Å². The van der Waals surface area contributed by atoms with Crippen molar-refractivity contribution in [1.29, 1.82) is 0 Å². The van der Waals surface area contributed by atoms with Crippen molar-refractivity contribution in [2.24, 2.45) is 0 Å². The van der Waals surface area contributed by atoms with Crippen LogP contribution in [0.5, 0.6) is 5.75 Å². The second-order valence-electron chi connectivity index (χ2n) is 5.21. The minimum Gasteiger partial charge on any atom is -0.478 e. The van der Waals surface area contributed by atoms with Crippen LogP contribution >= 0.6 is 11.3 Å². The SMILES string of the molecule is CC[C@H](Oc1ccccc1F)C(=O)Nc1nnc(-c2ccccc2)s1. The summed E-state index contributed by atoms with van der Waals surface area (Å²) in [5.74, 6) is -0.843. The lowest BCUT2D eigenvalue weighted by molar-refractivity contribution is -0.122. The molecule has 0 bridgehead atoms. The molecule has 25 heavy (non-hydrogen) atoms. The molecule has 5 nitrogen and oxygen atoms in total. The molecule has 0 spiro atoms. The van der Waals surface area contributed by atoms with Crippen LogP contribution in [0.1, 0.15) is 13.3 Å². The predicted octanol–water partition coefficient (Wildman–Crippen LogP) is 4.14. The molecule has 3 rings (SSSR count). The van der Waals surface area contributed by atoms with E-state index in [1.54, 1.807) is 19.1 Å². The van der Waals surface area contributed by atoms with E-state index in [1.807, 2.05) is 30.3 Å². The quantitative estimate of drug-likeness (QED) is 0.720. The molecular formula is C18H16FN3O2S. The number of benzene rings is 2. The van der Waals surface area contributed by atoms with Gasteiger partial charge in [0, 0.05) is 5.56 Å². The van der Waals surface area contributed by atoms with Crippen LogP contribution < -0.4 is 10.1 Å². The summed E-state index contributed by atoms with van der Waals surface area (Å²) < 4.78 is 19.2. The van der Waals surface area contributed by atoms with Crippen molar-refractivity contribution in [3.8, 4) is 16.3 Å². The predicted molar refractivity (Wildman–Crippen MR) is 95.1 cm³/mol. The molecule has 0 aliphatic carbocycles. The van der Waals surface area contributed by atoms with E-state index < -0.39 is 11.9 Å². The number of para-hydroxylation sites is 1. The van der Waals surface area contributed by atoms with Gasteiger partial charge in [0.15, 0.2) is 17.7 Å². The summed E-state index contributed by atoms with van der Waals surface area (Å²) in [6, 6.07) is 15.6. The van der Waals surface area contributed by atoms with E-state index in [2.05, 4.69) is 15.5 Å². The number of carbonyl (C=O) groups is 1. The molecule has 0 unspecified atom stereocenters. The van der Waals surface area contributed by atoms with Gasteiger partial charge in [-0.3, -0.25) is 10.1 Å². The van der Waals surface area contributed by atoms with Gasteiger partial charge in [-0.1, -0.05) is 60.7 Å². The number of nitrogens with one attached hydrogen (secondary N) is 1. The first-order valence-corrected chi connectivity index (χ1v) is 8.60. The fourth-order valence-electron chi connectivity index (χ4n) is 2.17. The lowest BCUT2D eigenvalue weighted by Gasteiger charge is -2.16. The first kappa shape index (κ1) is 17.0. The van der Waals surface area contributed by atoms with Crippen LogP contribution in [0, 0.1) is 5.82 Å². The van der Waals surface area contributed by atoms with Gasteiger partial charge in [0.2, 0.25) is 5.13 Å². The van der Waals surface area contributed by atoms with E-state index >= 15 is 0 Å². The van der Waals surface area contributed by atoms with Crippen LogP contribution in [0.25, 0.3) is 10.6 Å². The topological polar surface area (TPSA) is 64.1 Å². The van der Waals surface area contributed by atoms with E-state index in [9.17, 15) is 9.18 Å². The maximum Gasteiger partial charge on any atom is 0.267 e. The van der Waals surface area contributed by atoms with Gasteiger partial charge in [-0.15, -0.1) is 10.2 Å². The number of hydrogen-bond acceptors (Lipinski definition) is 5. The summed E-state index contributed by atoms with van der Waals surface area (Å²) in [6.45, 7) is 1.79. The zero-order valence-electron chi connectivity index (χ0n) is 13.5. The third-order valence-corrected chi connectivity index (χ3v) is 4.33. The first-order valence-electron chi connectivity index (χ1n) is 7.78. The molecule has 0 aliphatic heterocycles. The molecule has 2 aromatic carbocycles. The summed E-state index contributed by atoms with van der Waals surface area (Å²) in [5, 5.41) is 11.8. The third kappa shape index (κ3) is 4.19. The Hall–Kier alpha value is -2.80. The van der Waals surface area contributed by atoms with Gasteiger partial charge in [0.25, 0.3) is 5.91 Å². The van der Waals surface area contributed by atoms with Gasteiger partial charge in [0.1, 0.15) is 5.01 Å². The lowest BCUT2D eigenvalue weighted by atomic mass is 10.2. The zero-order valence-corrected chi connectivity index (χ0v) is 14.3. The number of ether oxygens (including phenoxy) is 1. The Labute approximate surface area is 148 Å². The maximum atomic E-state index is 13.7. The third-order valence-electron chi connectivity index (χ3n) is 3.44. The van der Waals surface area contributed by atoms with Crippen LogP contribution in [0.15, 0.2) is 54.6 Å². The Bertz CT molecular complexity index is 854. The summed E-state index contributed by atoms with van der Waals surface area (Å²) in [5.41, 5.74) is 0.926. The molecule has 128 valence electrons. The van der Waals surface area contributed by atoms with E-state index in [1.165, 1.54) is 23.5 Å². The van der Waals surface area contributed by atoms with E-state index in [4.69, 9.17) is 4.74 Å². The number of aromatic nitrogens is 2. The Kier molecular flexibility index (Phi) is 5.35. The molecule has 1 atom stereocenters. The second kappa shape index (κ2) is 7.85. The molecule has 7 heteroatoms. The molecule has 1 N–H and O–H groups in total. The number of carbonyl (C=O) groups excluding carboxylic acids is 1. The van der Waals surface area contributed by atoms with Crippen molar-refractivity contribution >= 4 is 22.4 Å². The summed E-state index contributed by atoms with van der Waals surface area (Å²) in [6.07, 6.45) is -0.425. The molecule has 0 saturated heterocycles. The number of nitrogens with zero attached hydrogens (tertiary/aromatic N) is 2. The standard InChI is InChI=1S/C18H16FN3O2S/c1-2-14(24-15-11-7-6-10-13(15)19)16(23)20-18-22-21-17(25-18)12-8-4-3-5-9-12/h3-11,14H,2H2,1H3,(H,20,22,23)/t14-/m0/s1. The van der Waals surface area contributed by atoms with Gasteiger partial charge in [0.05, 0.1) is 0 Å². The molecule has 1 heterocycles. The summed E-state index contributed by atoms with van der Waals surface area (Å²) in [4.78, 5) is 12.4. The number of halogens is 1. The Morgan fingerprint density at radius 2 is 1.88 bits per heavy atom. The van der Waals surface area contributed by atoms with Crippen molar-refractivity contribution in [3.05, 3.63) is 60.4 Å².